The number of hydrogen-bond acceptors (Lipinski definition) is 11. The SMILES string of the molecule is CCC(=O)c1ccc(C)c(-n2c(C)cc(O)c(Br)c2=O)c1.CO.COC(=O)c1ccc(C)c(-n2c(C)cc(O)c(Br)c2=O)c1.Cc1ccc(C(=O)O)cc1-n1c(C)cc(O)c(Br)c1=O.O. The average Bonchev–Trinajstić information content (AvgIpc) is 3.26. The van der Waals surface area contributed by atoms with Gasteiger partial charge in [0, 0.05) is 54.4 Å². The number of nitrogens with zero attached hydrogens (tertiary/aromatic N) is 3. The number of carbonyl (C=O) groups is 3. The molecule has 6 rings (SSSR count). The molecule has 0 radical (unpaired) electrons. The predicted octanol–water partition coefficient (Wildman–Crippen LogP) is 7.63. The van der Waals surface area contributed by atoms with E-state index in [0.717, 1.165) is 23.8 Å². The molecule has 0 aliphatic rings. The quantitative estimate of drug-likeness (QED) is 0.0764. The number of aliphatic hydroxyl groups is 1. The van der Waals surface area contributed by atoms with Crippen molar-refractivity contribution >= 4 is 65.5 Å². The van der Waals surface area contributed by atoms with Gasteiger partial charge in [-0.25, -0.2) is 9.59 Å². The van der Waals surface area contributed by atoms with Crippen molar-refractivity contribution in [1.82, 2.24) is 13.7 Å². The van der Waals surface area contributed by atoms with Crippen molar-refractivity contribution in [3.8, 4) is 34.3 Å². The van der Waals surface area contributed by atoms with E-state index in [9.17, 15) is 44.1 Å². The maximum atomic E-state index is 12.4. The lowest BCUT2D eigenvalue weighted by Gasteiger charge is -2.15. The maximum absolute atomic E-state index is 12.4. The number of ether oxygens (including phenoxy) is 1. The van der Waals surface area contributed by atoms with Gasteiger partial charge in [0.25, 0.3) is 16.7 Å². The summed E-state index contributed by atoms with van der Waals surface area (Å²) in [6.07, 6.45) is 0.412. The number of carboxylic acids is 1. The summed E-state index contributed by atoms with van der Waals surface area (Å²) in [6, 6.07) is 19.3. The van der Waals surface area contributed by atoms with Gasteiger partial charge in [0.15, 0.2) is 5.78 Å². The molecule has 0 unspecified atom stereocenters. The number of benzene rings is 3. The molecule has 6 aromatic rings. The molecule has 19 heteroatoms. The molecule has 65 heavy (non-hydrogen) atoms. The van der Waals surface area contributed by atoms with Gasteiger partial charge < -0.3 is 35.7 Å². The second-order valence-corrected chi connectivity index (χ2v) is 16.3. The van der Waals surface area contributed by atoms with E-state index in [-0.39, 0.29) is 53.0 Å². The van der Waals surface area contributed by atoms with Crippen molar-refractivity contribution < 1.29 is 50.1 Å². The monoisotopic (exact) mass is 1090 g/mol. The topological polar surface area (TPSA) is 259 Å². The molecule has 0 saturated carbocycles. The largest absolute Gasteiger partial charge is 0.506 e. The minimum atomic E-state index is -1.06. The summed E-state index contributed by atoms with van der Waals surface area (Å²) in [7, 11) is 2.30. The molecule has 0 spiro atoms. The zero-order valence-electron chi connectivity index (χ0n) is 36.7. The lowest BCUT2D eigenvalue weighted by Crippen LogP contribution is -2.22. The number of Topliss-reactive ketones (excluding diaryl/α,β-unsaturated/α-hetero) is 1. The van der Waals surface area contributed by atoms with Crippen molar-refractivity contribution in [2.24, 2.45) is 0 Å². The minimum Gasteiger partial charge on any atom is -0.506 e. The van der Waals surface area contributed by atoms with Crippen LogP contribution in [0.25, 0.3) is 17.1 Å². The highest BCUT2D eigenvalue weighted by Gasteiger charge is 2.18. The molecular formula is C46H48Br3N3O13. The normalized spacial score (nSPS) is 10.2. The summed E-state index contributed by atoms with van der Waals surface area (Å²) in [5.41, 5.74) is 5.70. The molecule has 346 valence electrons. The number of aromatic hydroxyl groups is 3. The molecule has 0 bridgehead atoms. The van der Waals surface area contributed by atoms with Crippen LogP contribution in [0.3, 0.4) is 0 Å². The summed E-state index contributed by atoms with van der Waals surface area (Å²) < 4.78 is 9.22. The van der Waals surface area contributed by atoms with Crippen LogP contribution >= 0.6 is 47.8 Å². The summed E-state index contributed by atoms with van der Waals surface area (Å²) in [5, 5.41) is 45.0. The van der Waals surface area contributed by atoms with E-state index in [1.54, 1.807) is 71.0 Å². The van der Waals surface area contributed by atoms with Crippen molar-refractivity contribution in [3.05, 3.63) is 168 Å². The van der Waals surface area contributed by atoms with Crippen molar-refractivity contribution in [2.75, 3.05) is 14.2 Å². The fraction of sp³-hybridized carbons (Fsp3) is 0.217. The zero-order valence-corrected chi connectivity index (χ0v) is 41.5. The smallest absolute Gasteiger partial charge is 0.337 e. The number of aryl methyl sites for hydroxylation is 6. The highest BCUT2D eigenvalue weighted by atomic mass is 79.9. The Hall–Kier alpha value is -6.12. The Morgan fingerprint density at radius 3 is 1.14 bits per heavy atom. The fourth-order valence-corrected chi connectivity index (χ4v) is 7.16. The number of ketones is 1. The van der Waals surface area contributed by atoms with Gasteiger partial charge in [-0.3, -0.25) is 32.9 Å². The molecule has 0 saturated heterocycles. The number of aromatic nitrogens is 3. The van der Waals surface area contributed by atoms with Crippen molar-refractivity contribution in [3.63, 3.8) is 0 Å². The second-order valence-electron chi connectivity index (χ2n) is 14.0. The van der Waals surface area contributed by atoms with Gasteiger partial charge in [-0.1, -0.05) is 31.2 Å². The fourth-order valence-electron chi connectivity index (χ4n) is 6.29. The highest BCUT2D eigenvalue weighted by Crippen LogP contribution is 2.27. The number of pyridine rings is 3. The molecule has 0 aliphatic heterocycles. The number of rotatable bonds is 7. The third-order valence-corrected chi connectivity index (χ3v) is 11.8. The number of methoxy groups -OCH3 is 1. The molecule has 0 atom stereocenters. The summed E-state index contributed by atoms with van der Waals surface area (Å²) in [5.74, 6) is -1.85. The van der Waals surface area contributed by atoms with E-state index in [4.69, 9.17) is 14.9 Å². The van der Waals surface area contributed by atoms with E-state index in [2.05, 4.69) is 47.8 Å². The number of halogens is 3. The van der Waals surface area contributed by atoms with Crippen LogP contribution in [0.5, 0.6) is 17.2 Å². The van der Waals surface area contributed by atoms with E-state index in [1.165, 1.54) is 51.1 Å². The first kappa shape index (κ1) is 55.0. The van der Waals surface area contributed by atoms with E-state index < -0.39 is 23.1 Å². The standard InChI is InChI=1S/C16H16BrNO3.C15H14BrNO4.C14H12BrNO4.CH4O.H2O/c1-4-13(19)11-6-5-9(2)12(8-11)18-10(3)7-14(20)15(17)16(18)21;1-8-4-5-10(15(20)21-3)7-11(8)17-9(2)6-12(18)13(16)14(17)19;1-7-3-4-9(14(19)20)6-10(7)16-8(2)5-11(17)12(15)13(16)18;1-2;/h5-8,20H,4H2,1-3H3;4-7,18H,1-3H3;3-6,17H,1-2H3,(H,19,20);2H,1H3;1H2. The van der Waals surface area contributed by atoms with E-state index >= 15 is 0 Å². The van der Waals surface area contributed by atoms with Crippen molar-refractivity contribution in [1.29, 1.82) is 0 Å². The Bertz CT molecular complexity index is 2820. The number of carboxylic acid groups (broad SMARTS) is 1. The maximum Gasteiger partial charge on any atom is 0.337 e. The third-order valence-electron chi connectivity index (χ3n) is 9.60. The van der Waals surface area contributed by atoms with Gasteiger partial charge in [-0.15, -0.1) is 0 Å². The summed E-state index contributed by atoms with van der Waals surface area (Å²) >= 11 is 9.20. The first-order chi connectivity index (χ1) is 30.0. The molecule has 3 aromatic carbocycles. The van der Waals surface area contributed by atoms with Gasteiger partial charge in [-0.05, 0) is 136 Å². The molecule has 0 amide bonds. The average molecular weight is 1090 g/mol. The molecule has 0 aliphatic carbocycles. The number of aromatic carboxylic acids is 1. The first-order valence-electron chi connectivity index (χ1n) is 19.0. The number of aliphatic hydroxyl groups excluding tert-OH is 1. The molecule has 0 fully saturated rings. The first-order valence-corrected chi connectivity index (χ1v) is 21.4. The van der Waals surface area contributed by atoms with Crippen LogP contribution < -0.4 is 16.7 Å². The van der Waals surface area contributed by atoms with Crippen LogP contribution in [0.15, 0.2) is 101 Å². The number of hydrogen-bond donors (Lipinski definition) is 5. The van der Waals surface area contributed by atoms with Crippen LogP contribution in [-0.2, 0) is 4.74 Å². The summed E-state index contributed by atoms with van der Waals surface area (Å²) in [4.78, 5) is 71.5. The molecule has 3 heterocycles. The minimum absolute atomic E-state index is 0. The predicted molar refractivity (Wildman–Crippen MR) is 257 cm³/mol. The Morgan fingerprint density at radius 2 is 0.831 bits per heavy atom. The van der Waals surface area contributed by atoms with Gasteiger partial charge in [0.05, 0.1) is 35.3 Å². The van der Waals surface area contributed by atoms with Gasteiger partial charge in [0.1, 0.15) is 30.7 Å². The second kappa shape index (κ2) is 23.7. The lowest BCUT2D eigenvalue weighted by molar-refractivity contribution is 0.0599. The Labute approximate surface area is 398 Å². The molecule has 3 aromatic heterocycles. The van der Waals surface area contributed by atoms with Crippen LogP contribution in [-0.4, -0.2) is 76.7 Å². The van der Waals surface area contributed by atoms with E-state index in [0.29, 0.717) is 51.7 Å². The van der Waals surface area contributed by atoms with Crippen molar-refractivity contribution in [2.45, 2.75) is 54.9 Å². The number of esters is 1. The Kier molecular flexibility index (Phi) is 20.1. The molecular weight excluding hydrogens is 1040 g/mol. The molecule has 7 N–H and O–H groups in total. The van der Waals surface area contributed by atoms with Crippen LogP contribution in [0.4, 0.5) is 0 Å². The highest BCUT2D eigenvalue weighted by molar-refractivity contribution is 9.11. The van der Waals surface area contributed by atoms with E-state index in [1.807, 2.05) is 19.9 Å². The van der Waals surface area contributed by atoms with Gasteiger partial charge in [0.2, 0.25) is 0 Å². The molecule has 16 nitrogen and oxygen atoms in total. The van der Waals surface area contributed by atoms with Crippen LogP contribution in [0, 0.1) is 41.5 Å². The van der Waals surface area contributed by atoms with Gasteiger partial charge in [-0.2, -0.15) is 0 Å². The summed E-state index contributed by atoms with van der Waals surface area (Å²) in [6.45, 7) is 12.4. The Balaban J connectivity index is 0.000000326. The van der Waals surface area contributed by atoms with Crippen LogP contribution in [0.1, 0.15) is 78.2 Å². The Morgan fingerprint density at radius 1 is 0.538 bits per heavy atom. The number of carbonyl (C=O) groups excluding carboxylic acids is 2. The third kappa shape index (κ3) is 12.4. The van der Waals surface area contributed by atoms with Crippen LogP contribution in [0.2, 0.25) is 0 Å². The lowest BCUT2D eigenvalue weighted by atomic mass is 10.0. The zero-order chi connectivity index (χ0) is 48.5. The van der Waals surface area contributed by atoms with Gasteiger partial charge >= 0.3 is 11.9 Å².